The van der Waals surface area contributed by atoms with Crippen LogP contribution in [-0.2, 0) is 21.0 Å². The molecule has 2 aliphatic carbocycles. The second kappa shape index (κ2) is 11.1. The number of nitrogens with zero attached hydrogens (tertiary/aromatic N) is 1. The van der Waals surface area contributed by atoms with E-state index in [0.717, 1.165) is 22.5 Å². The van der Waals surface area contributed by atoms with Crippen LogP contribution < -0.4 is 4.74 Å². The Labute approximate surface area is 236 Å². The first-order valence-corrected chi connectivity index (χ1v) is 14.2. The molecule has 2 aromatic carbocycles. The van der Waals surface area contributed by atoms with Gasteiger partial charge in [-0.2, -0.15) is 0 Å². The van der Waals surface area contributed by atoms with Gasteiger partial charge in [-0.15, -0.1) is 0 Å². The first kappa shape index (κ1) is 26.8. The molecule has 1 N–H and O–H groups in total. The van der Waals surface area contributed by atoms with Crippen LogP contribution in [0.5, 0.6) is 5.75 Å². The molecule has 9 heteroatoms. The first-order valence-electron chi connectivity index (χ1n) is 12.6. The van der Waals surface area contributed by atoms with E-state index in [2.05, 4.69) is 31.9 Å². The Kier molecular flexibility index (Phi) is 7.86. The van der Waals surface area contributed by atoms with Crippen molar-refractivity contribution < 1.29 is 28.6 Å². The number of carboxylic acids is 1. The number of ketones is 2. The number of allylic oxidation sites excluding steroid dienone is 4. The lowest BCUT2D eigenvalue weighted by molar-refractivity contribution is -0.137. The van der Waals surface area contributed by atoms with Gasteiger partial charge in [0.1, 0.15) is 18.2 Å². The maximum Gasteiger partial charge on any atom is 0.305 e. The Morgan fingerprint density at radius 2 is 1.50 bits per heavy atom. The van der Waals surface area contributed by atoms with Gasteiger partial charge >= 0.3 is 5.97 Å². The molecule has 38 heavy (non-hydrogen) atoms. The molecule has 0 spiro atoms. The topological polar surface area (TPSA) is 83.9 Å². The van der Waals surface area contributed by atoms with Crippen LogP contribution in [0.1, 0.15) is 62.0 Å². The minimum Gasteiger partial charge on any atom is -0.487 e. The monoisotopic (exact) mass is 645 g/mol. The summed E-state index contributed by atoms with van der Waals surface area (Å²) < 4.78 is 20.6. The van der Waals surface area contributed by atoms with Crippen molar-refractivity contribution in [2.45, 2.75) is 57.5 Å². The number of benzene rings is 2. The van der Waals surface area contributed by atoms with Crippen molar-refractivity contribution in [3.8, 4) is 5.75 Å². The van der Waals surface area contributed by atoms with Gasteiger partial charge < -0.3 is 14.7 Å². The van der Waals surface area contributed by atoms with Crippen LogP contribution in [0.25, 0.3) is 0 Å². The highest BCUT2D eigenvalue weighted by molar-refractivity contribution is 9.11. The molecule has 0 saturated heterocycles. The lowest BCUT2D eigenvalue weighted by atomic mass is 9.71. The number of ether oxygens (including phenoxy) is 1. The molecule has 198 valence electrons. The van der Waals surface area contributed by atoms with Gasteiger partial charge in [0.05, 0.1) is 15.4 Å². The quantitative estimate of drug-likeness (QED) is 0.356. The molecule has 0 amide bonds. The van der Waals surface area contributed by atoms with Gasteiger partial charge in [-0.05, 0) is 92.9 Å². The molecule has 1 aliphatic heterocycles. The minimum atomic E-state index is -0.912. The number of carbonyl (C=O) groups excluding carboxylic acids is 2. The van der Waals surface area contributed by atoms with E-state index in [0.29, 0.717) is 64.4 Å². The lowest BCUT2D eigenvalue weighted by Crippen LogP contribution is -2.39. The predicted octanol–water partition coefficient (Wildman–Crippen LogP) is 6.82. The molecule has 5 rings (SSSR count). The van der Waals surface area contributed by atoms with Gasteiger partial charge in [0.25, 0.3) is 0 Å². The van der Waals surface area contributed by atoms with Crippen LogP contribution in [-0.4, -0.2) is 34.1 Å². The smallest absolute Gasteiger partial charge is 0.305 e. The number of halogens is 3. The van der Waals surface area contributed by atoms with E-state index in [1.54, 1.807) is 12.1 Å². The maximum atomic E-state index is 13.4. The summed E-state index contributed by atoms with van der Waals surface area (Å²) in [4.78, 5) is 40.1. The average Bonchev–Trinajstić information content (AvgIpc) is 2.87. The molecule has 0 saturated carbocycles. The standard InChI is InChI=1S/C29H26Br2FNO5/c30-19-13-17(14-20(31)29(19)38-15-16-7-9-18(32)10-8-16)26-27-21(3-1-5-23(27)34)33(12-11-25(36)37)22-4-2-6-24(35)28(22)26/h7-10,13-14,26H,1-6,11-12,15H2,(H,36,37). The summed E-state index contributed by atoms with van der Waals surface area (Å²) >= 11 is 7.23. The van der Waals surface area contributed by atoms with Crippen molar-refractivity contribution in [2.75, 3.05) is 6.54 Å². The highest BCUT2D eigenvalue weighted by Crippen LogP contribution is 2.50. The molecular formula is C29H26Br2FNO5. The molecule has 0 atom stereocenters. The molecule has 0 radical (unpaired) electrons. The molecule has 2 aromatic rings. The SMILES string of the molecule is O=C(O)CCN1C2=C(C(=O)CCC2)C(c2cc(Br)c(OCc3ccc(F)cc3)c(Br)c2)C2=C1CCCC2=O. The highest BCUT2D eigenvalue weighted by atomic mass is 79.9. The largest absolute Gasteiger partial charge is 0.487 e. The average molecular weight is 647 g/mol. The molecule has 0 bridgehead atoms. The fourth-order valence-corrected chi connectivity index (χ4v) is 7.10. The number of Topliss-reactive ketones (excluding diaryl/α,β-unsaturated/α-hetero) is 2. The third-order valence-electron chi connectivity index (χ3n) is 7.29. The van der Waals surface area contributed by atoms with Gasteiger partial charge in [-0.1, -0.05) is 12.1 Å². The summed E-state index contributed by atoms with van der Waals surface area (Å²) in [5.74, 6) is -1.17. The van der Waals surface area contributed by atoms with Crippen molar-refractivity contribution >= 4 is 49.4 Å². The highest BCUT2D eigenvalue weighted by Gasteiger charge is 2.43. The molecule has 6 nitrogen and oxygen atoms in total. The summed E-state index contributed by atoms with van der Waals surface area (Å²) in [6, 6.07) is 9.87. The minimum absolute atomic E-state index is 0.00498. The van der Waals surface area contributed by atoms with Crippen molar-refractivity contribution in [3.63, 3.8) is 0 Å². The fraction of sp³-hybridized carbons (Fsp3) is 0.345. The van der Waals surface area contributed by atoms with Crippen molar-refractivity contribution in [1.82, 2.24) is 4.90 Å². The molecule has 0 fully saturated rings. The van der Waals surface area contributed by atoms with Gasteiger partial charge in [-0.3, -0.25) is 14.4 Å². The summed E-state index contributed by atoms with van der Waals surface area (Å²) in [7, 11) is 0. The predicted molar refractivity (Wildman–Crippen MR) is 146 cm³/mol. The Bertz CT molecular complexity index is 1310. The zero-order valence-corrected chi connectivity index (χ0v) is 23.7. The Morgan fingerprint density at radius 1 is 0.947 bits per heavy atom. The van der Waals surface area contributed by atoms with Crippen LogP contribution in [0.2, 0.25) is 0 Å². The maximum absolute atomic E-state index is 13.4. The number of aliphatic carboxylic acids is 1. The first-order chi connectivity index (χ1) is 18.2. The van der Waals surface area contributed by atoms with Crippen LogP contribution in [0.15, 0.2) is 67.9 Å². The van der Waals surface area contributed by atoms with Gasteiger partial charge in [-0.25, -0.2) is 4.39 Å². The molecular weight excluding hydrogens is 621 g/mol. The molecule has 1 heterocycles. The van der Waals surface area contributed by atoms with E-state index in [9.17, 15) is 23.9 Å². The summed E-state index contributed by atoms with van der Waals surface area (Å²) in [5.41, 5.74) is 4.52. The lowest BCUT2D eigenvalue weighted by Gasteiger charge is -2.44. The zero-order valence-electron chi connectivity index (χ0n) is 20.6. The Hall–Kier alpha value is -2.78. The number of hydrogen-bond acceptors (Lipinski definition) is 5. The van der Waals surface area contributed by atoms with Crippen LogP contribution in [0.3, 0.4) is 0 Å². The molecule has 0 unspecified atom stereocenters. The van der Waals surface area contributed by atoms with Gasteiger partial charge in [0.15, 0.2) is 11.6 Å². The van der Waals surface area contributed by atoms with Gasteiger partial charge in [0, 0.05) is 47.8 Å². The number of rotatable bonds is 7. The Morgan fingerprint density at radius 3 is 2.03 bits per heavy atom. The van der Waals surface area contributed by atoms with E-state index in [1.807, 2.05) is 17.0 Å². The van der Waals surface area contributed by atoms with Crippen LogP contribution in [0.4, 0.5) is 4.39 Å². The second-order valence-electron chi connectivity index (χ2n) is 9.73. The molecule has 3 aliphatic rings. The number of carboxylic acid groups (broad SMARTS) is 1. The number of carbonyl (C=O) groups is 3. The van der Waals surface area contributed by atoms with E-state index in [-0.39, 0.29) is 37.0 Å². The van der Waals surface area contributed by atoms with Crippen LogP contribution >= 0.6 is 31.9 Å². The van der Waals surface area contributed by atoms with E-state index in [1.165, 1.54) is 12.1 Å². The summed E-state index contributed by atoms with van der Waals surface area (Å²) in [6.45, 7) is 0.476. The van der Waals surface area contributed by atoms with Crippen molar-refractivity contribution in [3.05, 3.63) is 84.8 Å². The van der Waals surface area contributed by atoms with Crippen molar-refractivity contribution in [1.29, 1.82) is 0 Å². The summed E-state index contributed by atoms with van der Waals surface area (Å²) in [5, 5.41) is 9.35. The summed E-state index contributed by atoms with van der Waals surface area (Å²) in [6.07, 6.45) is 3.48. The van der Waals surface area contributed by atoms with E-state index < -0.39 is 11.9 Å². The number of hydrogen-bond donors (Lipinski definition) is 1. The fourth-order valence-electron chi connectivity index (χ4n) is 5.65. The van der Waals surface area contributed by atoms with Gasteiger partial charge in [0.2, 0.25) is 0 Å². The molecule has 0 aromatic heterocycles. The zero-order chi connectivity index (χ0) is 27.0. The van der Waals surface area contributed by atoms with E-state index in [4.69, 9.17) is 4.74 Å². The normalized spacial score (nSPS) is 18.0. The van der Waals surface area contributed by atoms with Crippen LogP contribution in [0, 0.1) is 5.82 Å². The second-order valence-corrected chi connectivity index (χ2v) is 11.4. The Balaban J connectivity index is 1.56. The van der Waals surface area contributed by atoms with E-state index >= 15 is 0 Å². The third kappa shape index (κ3) is 5.23. The third-order valence-corrected chi connectivity index (χ3v) is 8.46. The van der Waals surface area contributed by atoms with Crippen molar-refractivity contribution in [2.24, 2.45) is 0 Å².